The van der Waals surface area contributed by atoms with Crippen molar-refractivity contribution in [3.05, 3.63) is 46.8 Å². The summed E-state index contributed by atoms with van der Waals surface area (Å²) in [4.78, 5) is 35.8. The molecule has 1 heterocycles. The molecule has 156 valence electrons. The highest BCUT2D eigenvalue weighted by Crippen LogP contribution is 2.22. The molecule has 0 fully saturated rings. The lowest BCUT2D eigenvalue weighted by molar-refractivity contribution is -0.123. The van der Waals surface area contributed by atoms with Crippen LogP contribution in [0.15, 0.2) is 28.8 Å². The third-order valence-electron chi connectivity index (χ3n) is 4.24. The summed E-state index contributed by atoms with van der Waals surface area (Å²) >= 11 is 0. The van der Waals surface area contributed by atoms with Gasteiger partial charge in [-0.25, -0.2) is 9.59 Å². The van der Waals surface area contributed by atoms with Crippen LogP contribution in [0.1, 0.15) is 47.6 Å². The lowest BCUT2D eigenvalue weighted by atomic mass is 10.2. The van der Waals surface area contributed by atoms with E-state index >= 15 is 0 Å². The molecular formula is C20H25N3O6. The summed E-state index contributed by atoms with van der Waals surface area (Å²) in [5, 5.41) is 8.55. The van der Waals surface area contributed by atoms with Crippen LogP contribution in [-0.2, 0) is 16.1 Å². The molecule has 2 rings (SSSR count). The van der Waals surface area contributed by atoms with Gasteiger partial charge in [-0.3, -0.25) is 10.1 Å². The largest absolute Gasteiger partial charge is 0.488 e. The SMILES string of the molecule is CC[C@H](C)NC(=O)NC(=O)COC(=O)c1ccccc1OCc1c(C)noc1C. The molecule has 1 aromatic heterocycles. The maximum atomic E-state index is 12.4. The summed E-state index contributed by atoms with van der Waals surface area (Å²) in [6, 6.07) is 5.80. The van der Waals surface area contributed by atoms with E-state index in [0.29, 0.717) is 17.2 Å². The summed E-state index contributed by atoms with van der Waals surface area (Å²) < 4.78 is 15.8. The lowest BCUT2D eigenvalue weighted by Gasteiger charge is -2.13. The maximum Gasteiger partial charge on any atom is 0.342 e. The van der Waals surface area contributed by atoms with E-state index in [0.717, 1.165) is 12.0 Å². The van der Waals surface area contributed by atoms with Gasteiger partial charge in [0.2, 0.25) is 0 Å². The van der Waals surface area contributed by atoms with E-state index in [9.17, 15) is 14.4 Å². The number of hydrogen-bond acceptors (Lipinski definition) is 7. The maximum absolute atomic E-state index is 12.4. The first-order valence-electron chi connectivity index (χ1n) is 9.22. The number of carbonyl (C=O) groups is 3. The highest BCUT2D eigenvalue weighted by atomic mass is 16.5. The molecule has 9 nitrogen and oxygen atoms in total. The van der Waals surface area contributed by atoms with Crippen LogP contribution in [-0.4, -0.2) is 35.7 Å². The number of nitrogens with one attached hydrogen (secondary N) is 2. The van der Waals surface area contributed by atoms with Crippen molar-refractivity contribution >= 4 is 17.9 Å². The van der Waals surface area contributed by atoms with Crippen molar-refractivity contribution in [2.45, 2.75) is 46.8 Å². The van der Waals surface area contributed by atoms with E-state index in [1.54, 1.807) is 32.0 Å². The molecule has 0 unspecified atom stereocenters. The molecule has 3 amide bonds. The van der Waals surface area contributed by atoms with Gasteiger partial charge in [-0.2, -0.15) is 0 Å². The first-order chi connectivity index (χ1) is 13.8. The van der Waals surface area contributed by atoms with Gasteiger partial charge in [-0.1, -0.05) is 24.2 Å². The Labute approximate surface area is 168 Å². The van der Waals surface area contributed by atoms with Crippen molar-refractivity contribution in [2.24, 2.45) is 0 Å². The second-order valence-corrected chi connectivity index (χ2v) is 6.49. The van der Waals surface area contributed by atoms with E-state index in [4.69, 9.17) is 14.0 Å². The lowest BCUT2D eigenvalue weighted by Crippen LogP contribution is -2.44. The summed E-state index contributed by atoms with van der Waals surface area (Å²) in [6.07, 6.45) is 0.724. The number of esters is 1. The smallest absolute Gasteiger partial charge is 0.342 e. The van der Waals surface area contributed by atoms with E-state index in [-0.39, 0.29) is 18.2 Å². The fourth-order valence-electron chi connectivity index (χ4n) is 2.35. The van der Waals surface area contributed by atoms with Gasteiger partial charge in [0.1, 0.15) is 23.7 Å². The number of nitrogens with zero attached hydrogens (tertiary/aromatic N) is 1. The summed E-state index contributed by atoms with van der Waals surface area (Å²) in [5.41, 5.74) is 1.66. The molecule has 9 heteroatoms. The van der Waals surface area contributed by atoms with Crippen molar-refractivity contribution in [1.29, 1.82) is 0 Å². The number of amides is 3. The molecule has 0 saturated heterocycles. The van der Waals surface area contributed by atoms with Gasteiger partial charge in [0.15, 0.2) is 6.61 Å². The summed E-state index contributed by atoms with van der Waals surface area (Å²) in [5.74, 6) is -0.535. The third kappa shape index (κ3) is 6.34. The molecule has 0 aliphatic rings. The van der Waals surface area contributed by atoms with Crippen LogP contribution >= 0.6 is 0 Å². The molecule has 0 aliphatic carbocycles. The number of carbonyl (C=O) groups excluding carboxylic acids is 3. The first-order valence-corrected chi connectivity index (χ1v) is 9.22. The standard InChI is InChI=1S/C20H25N3O6/c1-5-12(2)21-20(26)22-18(24)11-28-19(25)15-8-6-7-9-17(15)27-10-16-13(3)23-29-14(16)4/h6-9,12H,5,10-11H2,1-4H3,(H2,21,22,24,26)/t12-/m0/s1. The molecule has 0 spiro atoms. The molecule has 0 aliphatic heterocycles. The van der Waals surface area contributed by atoms with Crippen LogP contribution in [0.25, 0.3) is 0 Å². The minimum Gasteiger partial charge on any atom is -0.488 e. The highest BCUT2D eigenvalue weighted by Gasteiger charge is 2.18. The predicted octanol–water partition coefficient (Wildman–Crippen LogP) is 2.65. The van der Waals surface area contributed by atoms with Crippen LogP contribution in [0.4, 0.5) is 4.79 Å². The van der Waals surface area contributed by atoms with Crippen LogP contribution in [0.2, 0.25) is 0 Å². The molecule has 1 atom stereocenters. The average molecular weight is 403 g/mol. The number of urea groups is 1. The number of imide groups is 1. The van der Waals surface area contributed by atoms with Crippen molar-refractivity contribution in [3.8, 4) is 5.75 Å². The number of aromatic nitrogens is 1. The van der Waals surface area contributed by atoms with E-state index in [1.165, 1.54) is 6.07 Å². The fraction of sp³-hybridized carbons (Fsp3) is 0.400. The van der Waals surface area contributed by atoms with Gasteiger partial charge >= 0.3 is 12.0 Å². The molecular weight excluding hydrogens is 378 g/mol. The summed E-state index contributed by atoms with van der Waals surface area (Å²) in [7, 11) is 0. The molecule has 2 N–H and O–H groups in total. The Morgan fingerprint density at radius 3 is 2.59 bits per heavy atom. The second kappa shape index (κ2) is 10.3. The van der Waals surface area contributed by atoms with Crippen LogP contribution in [0, 0.1) is 13.8 Å². The van der Waals surface area contributed by atoms with Crippen LogP contribution < -0.4 is 15.4 Å². The monoisotopic (exact) mass is 403 g/mol. The zero-order chi connectivity index (χ0) is 21.4. The quantitative estimate of drug-likeness (QED) is 0.650. The molecule has 0 radical (unpaired) electrons. The topological polar surface area (TPSA) is 120 Å². The molecule has 0 saturated carbocycles. The minimum atomic E-state index is -0.739. The Hall–Kier alpha value is -3.36. The van der Waals surface area contributed by atoms with Crippen molar-refractivity contribution in [2.75, 3.05) is 6.61 Å². The molecule has 0 bridgehead atoms. The van der Waals surface area contributed by atoms with Crippen molar-refractivity contribution in [3.63, 3.8) is 0 Å². The van der Waals surface area contributed by atoms with E-state index in [2.05, 4.69) is 15.8 Å². The number of rotatable bonds is 8. The Bertz CT molecular complexity index is 857. The highest BCUT2D eigenvalue weighted by molar-refractivity contribution is 5.97. The van der Waals surface area contributed by atoms with Crippen LogP contribution in [0.5, 0.6) is 5.75 Å². The Kier molecular flexibility index (Phi) is 7.76. The van der Waals surface area contributed by atoms with Gasteiger partial charge in [0.05, 0.1) is 11.3 Å². The van der Waals surface area contributed by atoms with E-state index < -0.39 is 24.5 Å². The zero-order valence-corrected chi connectivity index (χ0v) is 16.9. The zero-order valence-electron chi connectivity index (χ0n) is 16.9. The van der Waals surface area contributed by atoms with Gasteiger partial charge in [0, 0.05) is 6.04 Å². The predicted molar refractivity (Wildman–Crippen MR) is 103 cm³/mol. The van der Waals surface area contributed by atoms with Gasteiger partial charge in [0.25, 0.3) is 5.91 Å². The van der Waals surface area contributed by atoms with Gasteiger partial charge < -0.3 is 19.3 Å². The van der Waals surface area contributed by atoms with Crippen molar-refractivity contribution in [1.82, 2.24) is 15.8 Å². The molecule has 1 aromatic carbocycles. The summed E-state index contributed by atoms with van der Waals surface area (Å²) in [6.45, 7) is 6.86. The molecule has 2 aromatic rings. The number of para-hydroxylation sites is 1. The Morgan fingerprint density at radius 2 is 1.93 bits per heavy atom. The molecule has 29 heavy (non-hydrogen) atoms. The number of aryl methyl sites for hydroxylation is 2. The minimum absolute atomic E-state index is 0.0768. The first kappa shape index (κ1) is 21.9. The second-order valence-electron chi connectivity index (χ2n) is 6.49. The Balaban J connectivity index is 1.92. The Morgan fingerprint density at radius 1 is 1.21 bits per heavy atom. The number of benzene rings is 1. The fourth-order valence-corrected chi connectivity index (χ4v) is 2.35. The van der Waals surface area contributed by atoms with Crippen molar-refractivity contribution < 1.29 is 28.4 Å². The number of hydrogen-bond donors (Lipinski definition) is 2. The normalized spacial score (nSPS) is 11.4. The van der Waals surface area contributed by atoms with Gasteiger partial charge in [-0.05, 0) is 39.3 Å². The van der Waals surface area contributed by atoms with Gasteiger partial charge in [-0.15, -0.1) is 0 Å². The third-order valence-corrected chi connectivity index (χ3v) is 4.24. The van der Waals surface area contributed by atoms with E-state index in [1.807, 2.05) is 13.8 Å². The average Bonchev–Trinajstić information content (AvgIpc) is 3.02. The van der Waals surface area contributed by atoms with Crippen LogP contribution in [0.3, 0.4) is 0 Å². The number of ether oxygens (including phenoxy) is 2.